The van der Waals surface area contributed by atoms with Crippen LogP contribution in [-0.4, -0.2) is 15.7 Å². The lowest BCUT2D eigenvalue weighted by Gasteiger charge is -2.04. The maximum absolute atomic E-state index is 11.9. The van der Waals surface area contributed by atoms with Crippen molar-refractivity contribution in [3.63, 3.8) is 0 Å². The number of nitrogens with one attached hydrogen (secondary N) is 1. The van der Waals surface area contributed by atoms with Gasteiger partial charge in [0.15, 0.2) is 0 Å². The third-order valence-corrected chi connectivity index (χ3v) is 3.38. The summed E-state index contributed by atoms with van der Waals surface area (Å²) in [6, 6.07) is 5.68. The highest BCUT2D eigenvalue weighted by Crippen LogP contribution is 2.15. The van der Waals surface area contributed by atoms with Crippen molar-refractivity contribution in [2.45, 2.75) is 13.5 Å². The first-order valence-electron chi connectivity index (χ1n) is 5.37. The Hall–Kier alpha value is -2.13. The largest absolute Gasteiger partial charge is 0.347 e. The minimum Gasteiger partial charge on any atom is -0.347 e. The van der Waals surface area contributed by atoms with Crippen LogP contribution in [-0.2, 0) is 13.6 Å². The van der Waals surface area contributed by atoms with E-state index in [1.54, 1.807) is 17.8 Å². The van der Waals surface area contributed by atoms with E-state index in [0.29, 0.717) is 17.1 Å². The van der Waals surface area contributed by atoms with Gasteiger partial charge in [-0.05, 0) is 30.0 Å². The number of thiophene rings is 1. The second-order valence-electron chi connectivity index (χ2n) is 3.86. The minimum atomic E-state index is -0.187. The molecule has 2 aromatic rings. The van der Waals surface area contributed by atoms with Crippen molar-refractivity contribution in [3.05, 3.63) is 39.3 Å². The highest BCUT2D eigenvalue weighted by Gasteiger charge is 2.12. The normalized spacial score (nSPS) is 10.1. The van der Waals surface area contributed by atoms with Crippen LogP contribution in [0.1, 0.15) is 26.6 Å². The molecule has 0 bridgehead atoms. The maximum atomic E-state index is 11.9. The predicted octanol–water partition coefficient (Wildman–Crippen LogP) is 1.59. The van der Waals surface area contributed by atoms with Gasteiger partial charge in [0.25, 0.3) is 5.91 Å². The summed E-state index contributed by atoms with van der Waals surface area (Å²) in [7, 11) is 1.73. The van der Waals surface area contributed by atoms with Gasteiger partial charge in [-0.15, -0.1) is 11.3 Å². The molecule has 0 unspecified atom stereocenters. The number of hydrogen-bond donors (Lipinski definition) is 1. The van der Waals surface area contributed by atoms with Gasteiger partial charge in [0, 0.05) is 13.6 Å². The summed E-state index contributed by atoms with van der Waals surface area (Å²) < 4.78 is 1.55. The first-order valence-corrected chi connectivity index (χ1v) is 6.25. The van der Waals surface area contributed by atoms with E-state index in [9.17, 15) is 4.79 Å². The van der Waals surface area contributed by atoms with Crippen molar-refractivity contribution in [3.8, 4) is 6.07 Å². The maximum Gasteiger partial charge on any atom is 0.269 e. The average molecular weight is 260 g/mol. The summed E-state index contributed by atoms with van der Waals surface area (Å²) in [6.07, 6.45) is 0. The molecule has 2 aromatic heterocycles. The van der Waals surface area contributed by atoms with Crippen LogP contribution in [0.25, 0.3) is 0 Å². The number of carbonyl (C=O) groups excluding carboxylic acids is 1. The molecule has 1 N–H and O–H groups in total. The quantitative estimate of drug-likeness (QED) is 0.911. The lowest BCUT2D eigenvalue weighted by atomic mass is 10.2. The van der Waals surface area contributed by atoms with Crippen molar-refractivity contribution in [2.75, 3.05) is 0 Å². The molecule has 92 valence electrons. The summed E-state index contributed by atoms with van der Waals surface area (Å²) in [6.45, 7) is 2.19. The van der Waals surface area contributed by atoms with Crippen molar-refractivity contribution in [1.82, 2.24) is 15.1 Å². The fourth-order valence-electron chi connectivity index (χ4n) is 1.66. The number of rotatable bonds is 3. The lowest BCUT2D eigenvalue weighted by molar-refractivity contribution is 0.0941. The van der Waals surface area contributed by atoms with Crippen LogP contribution in [0.2, 0.25) is 0 Å². The zero-order valence-corrected chi connectivity index (χ0v) is 10.9. The fourth-order valence-corrected chi connectivity index (χ4v) is 2.37. The van der Waals surface area contributed by atoms with Crippen LogP contribution in [0.15, 0.2) is 17.5 Å². The molecule has 0 saturated heterocycles. The molecule has 0 spiro atoms. The third kappa shape index (κ3) is 2.41. The van der Waals surface area contributed by atoms with Crippen LogP contribution < -0.4 is 5.32 Å². The zero-order valence-electron chi connectivity index (χ0n) is 10.1. The van der Waals surface area contributed by atoms with E-state index >= 15 is 0 Å². The molecule has 0 atom stereocenters. The summed E-state index contributed by atoms with van der Waals surface area (Å²) in [5, 5.41) is 17.6. The molecule has 0 saturated carbocycles. The summed E-state index contributed by atoms with van der Waals surface area (Å²) in [5.41, 5.74) is 2.16. The molecule has 0 fully saturated rings. The van der Waals surface area contributed by atoms with Crippen molar-refractivity contribution < 1.29 is 4.79 Å². The number of aryl methyl sites for hydroxylation is 2. The number of nitriles is 1. The molecule has 18 heavy (non-hydrogen) atoms. The van der Waals surface area contributed by atoms with Gasteiger partial charge in [-0.25, -0.2) is 0 Å². The average Bonchev–Trinajstić information content (AvgIpc) is 2.92. The molecule has 2 rings (SSSR count). The van der Waals surface area contributed by atoms with Gasteiger partial charge in [0.2, 0.25) is 0 Å². The van der Waals surface area contributed by atoms with Crippen LogP contribution in [0.4, 0.5) is 0 Å². The van der Waals surface area contributed by atoms with Gasteiger partial charge in [-0.3, -0.25) is 9.48 Å². The highest BCUT2D eigenvalue weighted by atomic mass is 32.1. The van der Waals surface area contributed by atoms with Gasteiger partial charge >= 0.3 is 0 Å². The van der Waals surface area contributed by atoms with Crippen LogP contribution in [0, 0.1) is 18.3 Å². The SMILES string of the molecule is Cc1cc(C(=O)NCc2ccsc2C#N)n(C)n1. The molecule has 0 aliphatic rings. The Balaban J connectivity index is 2.05. The van der Waals surface area contributed by atoms with Gasteiger partial charge in [-0.1, -0.05) is 0 Å². The molecule has 0 aromatic carbocycles. The van der Waals surface area contributed by atoms with E-state index in [2.05, 4.69) is 16.5 Å². The van der Waals surface area contributed by atoms with Gasteiger partial charge in [0.05, 0.1) is 5.69 Å². The van der Waals surface area contributed by atoms with Crippen LogP contribution in [0.3, 0.4) is 0 Å². The van der Waals surface area contributed by atoms with E-state index in [1.165, 1.54) is 11.3 Å². The fraction of sp³-hybridized carbons (Fsp3) is 0.250. The van der Waals surface area contributed by atoms with E-state index in [4.69, 9.17) is 5.26 Å². The molecular formula is C12H12N4OS. The van der Waals surface area contributed by atoms with Gasteiger partial charge in [0.1, 0.15) is 16.6 Å². The van der Waals surface area contributed by atoms with Crippen molar-refractivity contribution in [2.24, 2.45) is 7.05 Å². The monoisotopic (exact) mass is 260 g/mol. The second-order valence-corrected chi connectivity index (χ2v) is 4.78. The third-order valence-electron chi connectivity index (χ3n) is 2.52. The number of hydrogen-bond acceptors (Lipinski definition) is 4. The van der Waals surface area contributed by atoms with Crippen LogP contribution >= 0.6 is 11.3 Å². The number of aromatic nitrogens is 2. The van der Waals surface area contributed by atoms with E-state index < -0.39 is 0 Å². The van der Waals surface area contributed by atoms with Crippen molar-refractivity contribution >= 4 is 17.2 Å². The lowest BCUT2D eigenvalue weighted by Crippen LogP contribution is -2.25. The molecular weight excluding hydrogens is 248 g/mol. The van der Waals surface area contributed by atoms with Crippen molar-refractivity contribution in [1.29, 1.82) is 5.26 Å². The Labute approximate surface area is 109 Å². The first kappa shape index (κ1) is 12.3. The molecule has 0 aliphatic carbocycles. The summed E-state index contributed by atoms with van der Waals surface area (Å²) >= 11 is 1.37. The second kappa shape index (κ2) is 5.02. The summed E-state index contributed by atoms with van der Waals surface area (Å²) in [4.78, 5) is 12.6. The molecule has 2 heterocycles. The molecule has 5 nitrogen and oxygen atoms in total. The topological polar surface area (TPSA) is 70.7 Å². The first-order chi connectivity index (χ1) is 8.61. The number of carbonyl (C=O) groups is 1. The molecule has 1 amide bonds. The Morgan fingerprint density at radius 2 is 2.44 bits per heavy atom. The Morgan fingerprint density at radius 3 is 3.06 bits per heavy atom. The van der Waals surface area contributed by atoms with E-state index in [1.807, 2.05) is 18.4 Å². The van der Waals surface area contributed by atoms with Gasteiger partial charge in [-0.2, -0.15) is 10.4 Å². The Kier molecular flexibility index (Phi) is 3.44. The molecule has 0 radical (unpaired) electrons. The minimum absolute atomic E-state index is 0.187. The Bertz CT molecular complexity index is 620. The number of amides is 1. The molecule has 6 heteroatoms. The number of nitrogens with zero attached hydrogens (tertiary/aromatic N) is 3. The van der Waals surface area contributed by atoms with E-state index in [-0.39, 0.29) is 5.91 Å². The Morgan fingerprint density at radius 1 is 1.67 bits per heavy atom. The van der Waals surface area contributed by atoms with Gasteiger partial charge < -0.3 is 5.32 Å². The predicted molar refractivity (Wildman–Crippen MR) is 68.1 cm³/mol. The van der Waals surface area contributed by atoms with Crippen LogP contribution in [0.5, 0.6) is 0 Å². The zero-order chi connectivity index (χ0) is 13.1. The van der Waals surface area contributed by atoms with E-state index in [0.717, 1.165) is 11.3 Å². The summed E-state index contributed by atoms with van der Waals surface area (Å²) in [5.74, 6) is -0.187. The smallest absolute Gasteiger partial charge is 0.269 e. The highest BCUT2D eigenvalue weighted by molar-refractivity contribution is 7.10. The molecule has 0 aliphatic heterocycles. The standard InChI is InChI=1S/C12H12N4OS/c1-8-5-10(16(2)15-8)12(17)14-7-9-3-4-18-11(9)6-13/h3-5H,7H2,1-2H3,(H,14,17).